The molecule has 3 heteroatoms. The molecule has 0 bridgehead atoms. The highest BCUT2D eigenvalue weighted by Gasteiger charge is 2.24. The van der Waals surface area contributed by atoms with E-state index >= 15 is 0 Å². The predicted molar refractivity (Wildman–Crippen MR) is 243 cm³/mol. The number of furan rings is 1. The summed E-state index contributed by atoms with van der Waals surface area (Å²) in [7, 11) is 0. The van der Waals surface area contributed by atoms with Crippen molar-refractivity contribution in [1.82, 2.24) is 0 Å². The number of rotatable bonds is 7. The van der Waals surface area contributed by atoms with Gasteiger partial charge in [-0.25, -0.2) is 0 Å². The van der Waals surface area contributed by atoms with E-state index in [1.807, 2.05) is 23.5 Å². The van der Waals surface area contributed by atoms with Gasteiger partial charge in [0, 0.05) is 53.9 Å². The first kappa shape index (κ1) is 33.2. The molecule has 0 spiro atoms. The second-order valence-electron chi connectivity index (χ2n) is 14.4. The standard InChI is InChI=1S/C54H35NOS/c1-3-15-36(16-4-1)41-19-7-8-22-47(41)53-42(37-17-5-2-6-18-37)23-14-26-49(53)55(40-33-34-45-44-20-9-11-27-50(44)56-51(45)35-40)39-31-29-38(30-32-39)43-24-13-25-48-46-21-10-12-28-52(46)57-54(43)48/h1-35H. The molecule has 0 aliphatic rings. The van der Waals surface area contributed by atoms with Crippen molar-refractivity contribution in [1.29, 1.82) is 0 Å². The summed E-state index contributed by atoms with van der Waals surface area (Å²) in [6, 6.07) is 76.4. The minimum absolute atomic E-state index is 0.859. The van der Waals surface area contributed by atoms with Crippen molar-refractivity contribution in [2.24, 2.45) is 0 Å². The second kappa shape index (κ2) is 13.8. The summed E-state index contributed by atoms with van der Waals surface area (Å²) >= 11 is 1.87. The van der Waals surface area contributed by atoms with E-state index in [0.717, 1.165) is 50.1 Å². The Morgan fingerprint density at radius 3 is 1.72 bits per heavy atom. The van der Waals surface area contributed by atoms with Crippen LogP contribution in [0.4, 0.5) is 17.1 Å². The van der Waals surface area contributed by atoms with Crippen molar-refractivity contribution in [2.75, 3.05) is 4.90 Å². The van der Waals surface area contributed by atoms with Gasteiger partial charge in [0.2, 0.25) is 0 Å². The van der Waals surface area contributed by atoms with E-state index in [9.17, 15) is 0 Å². The zero-order valence-corrected chi connectivity index (χ0v) is 31.8. The van der Waals surface area contributed by atoms with Crippen LogP contribution in [0.25, 0.3) is 86.6 Å². The van der Waals surface area contributed by atoms with Crippen molar-refractivity contribution >= 4 is 70.5 Å². The Labute approximate surface area is 335 Å². The van der Waals surface area contributed by atoms with Gasteiger partial charge in [-0.2, -0.15) is 0 Å². The fourth-order valence-electron chi connectivity index (χ4n) is 8.48. The van der Waals surface area contributed by atoms with Crippen molar-refractivity contribution < 1.29 is 4.42 Å². The first-order chi connectivity index (χ1) is 28.3. The van der Waals surface area contributed by atoms with E-state index in [0.29, 0.717) is 0 Å². The molecule has 11 aromatic rings. The van der Waals surface area contributed by atoms with Crippen LogP contribution in [0.15, 0.2) is 217 Å². The van der Waals surface area contributed by atoms with Gasteiger partial charge in [-0.15, -0.1) is 11.3 Å². The molecular weight excluding hydrogens is 711 g/mol. The Morgan fingerprint density at radius 2 is 0.912 bits per heavy atom. The van der Waals surface area contributed by atoms with Crippen LogP contribution in [-0.2, 0) is 0 Å². The summed E-state index contributed by atoms with van der Waals surface area (Å²) in [5, 5.41) is 4.84. The number of thiophene rings is 1. The molecule has 0 aliphatic heterocycles. The third-order valence-corrected chi connectivity index (χ3v) is 12.3. The molecule has 9 aromatic carbocycles. The van der Waals surface area contributed by atoms with Gasteiger partial charge in [0.05, 0.1) is 5.69 Å². The average Bonchev–Trinajstić information content (AvgIpc) is 3.86. The van der Waals surface area contributed by atoms with Crippen molar-refractivity contribution in [2.45, 2.75) is 0 Å². The first-order valence-electron chi connectivity index (χ1n) is 19.3. The normalized spacial score (nSPS) is 11.5. The van der Waals surface area contributed by atoms with Crippen molar-refractivity contribution in [3.8, 4) is 44.5 Å². The summed E-state index contributed by atoms with van der Waals surface area (Å²) in [4.78, 5) is 2.40. The molecule has 268 valence electrons. The smallest absolute Gasteiger partial charge is 0.137 e. The SMILES string of the molecule is c1ccc(-c2ccccc2-c2c(-c3ccccc3)cccc2N(c2ccc(-c3cccc4c3sc3ccccc34)cc2)c2ccc3c(c2)oc2ccccc23)cc1. The largest absolute Gasteiger partial charge is 0.456 e. The summed E-state index contributed by atoms with van der Waals surface area (Å²) in [5.41, 5.74) is 14.4. The Kier molecular flexibility index (Phi) is 8.04. The average molecular weight is 746 g/mol. The molecule has 2 nitrogen and oxygen atoms in total. The van der Waals surface area contributed by atoms with Crippen LogP contribution in [0.1, 0.15) is 0 Å². The van der Waals surface area contributed by atoms with Crippen LogP contribution in [0.5, 0.6) is 0 Å². The number of fused-ring (bicyclic) bond motifs is 6. The lowest BCUT2D eigenvalue weighted by molar-refractivity contribution is 0.669. The zero-order valence-electron chi connectivity index (χ0n) is 31.0. The highest BCUT2D eigenvalue weighted by molar-refractivity contribution is 7.26. The van der Waals surface area contributed by atoms with Gasteiger partial charge >= 0.3 is 0 Å². The second-order valence-corrected chi connectivity index (χ2v) is 15.5. The highest BCUT2D eigenvalue weighted by Crippen LogP contribution is 2.49. The molecule has 0 saturated heterocycles. The van der Waals surface area contributed by atoms with Gasteiger partial charge in [-0.05, 0) is 81.4 Å². The van der Waals surface area contributed by atoms with Crippen LogP contribution < -0.4 is 4.90 Å². The summed E-state index contributed by atoms with van der Waals surface area (Å²) in [6.45, 7) is 0. The predicted octanol–water partition coefficient (Wildman–Crippen LogP) is 16.1. The minimum Gasteiger partial charge on any atom is -0.456 e. The maximum atomic E-state index is 6.52. The van der Waals surface area contributed by atoms with Gasteiger partial charge in [-0.3, -0.25) is 0 Å². The molecule has 2 aromatic heterocycles. The Balaban J connectivity index is 1.16. The Bertz CT molecular complexity index is 3230. The van der Waals surface area contributed by atoms with E-state index in [1.54, 1.807) is 0 Å². The Hall–Kier alpha value is -7.20. The van der Waals surface area contributed by atoms with Crippen LogP contribution in [0.2, 0.25) is 0 Å². The molecule has 0 radical (unpaired) electrons. The molecule has 0 aliphatic carbocycles. The minimum atomic E-state index is 0.859. The fraction of sp³-hybridized carbons (Fsp3) is 0. The number of hydrogen-bond acceptors (Lipinski definition) is 3. The van der Waals surface area contributed by atoms with E-state index < -0.39 is 0 Å². The van der Waals surface area contributed by atoms with Gasteiger partial charge in [0.1, 0.15) is 11.2 Å². The summed E-state index contributed by atoms with van der Waals surface area (Å²) < 4.78 is 9.14. The maximum Gasteiger partial charge on any atom is 0.137 e. The lowest BCUT2D eigenvalue weighted by Gasteiger charge is -2.30. The molecule has 2 heterocycles. The van der Waals surface area contributed by atoms with Gasteiger partial charge in [-0.1, -0.05) is 164 Å². The lowest BCUT2D eigenvalue weighted by atomic mass is 9.87. The molecule has 57 heavy (non-hydrogen) atoms. The van der Waals surface area contributed by atoms with Gasteiger partial charge in [0.15, 0.2) is 0 Å². The van der Waals surface area contributed by atoms with Gasteiger partial charge < -0.3 is 9.32 Å². The number of anilines is 3. The van der Waals surface area contributed by atoms with E-state index in [-0.39, 0.29) is 0 Å². The van der Waals surface area contributed by atoms with Crippen molar-refractivity contribution in [3.63, 3.8) is 0 Å². The quantitative estimate of drug-likeness (QED) is 0.162. The summed E-state index contributed by atoms with van der Waals surface area (Å²) in [6.07, 6.45) is 0. The van der Waals surface area contributed by atoms with E-state index in [1.165, 1.54) is 53.6 Å². The van der Waals surface area contributed by atoms with Crippen LogP contribution in [-0.4, -0.2) is 0 Å². The molecule has 0 amide bonds. The maximum absolute atomic E-state index is 6.52. The number of nitrogens with zero attached hydrogens (tertiary/aromatic N) is 1. The molecular formula is C54H35NOS. The fourth-order valence-corrected chi connectivity index (χ4v) is 9.72. The molecule has 0 N–H and O–H groups in total. The van der Waals surface area contributed by atoms with Crippen LogP contribution >= 0.6 is 11.3 Å². The van der Waals surface area contributed by atoms with Crippen LogP contribution in [0, 0.1) is 0 Å². The third-order valence-electron chi connectivity index (χ3n) is 11.1. The van der Waals surface area contributed by atoms with Crippen LogP contribution in [0.3, 0.4) is 0 Å². The molecule has 0 unspecified atom stereocenters. The summed E-state index contributed by atoms with van der Waals surface area (Å²) in [5.74, 6) is 0. The highest BCUT2D eigenvalue weighted by atomic mass is 32.1. The van der Waals surface area contributed by atoms with E-state index in [4.69, 9.17) is 4.42 Å². The zero-order chi connectivity index (χ0) is 37.7. The van der Waals surface area contributed by atoms with Gasteiger partial charge in [0.25, 0.3) is 0 Å². The lowest BCUT2D eigenvalue weighted by Crippen LogP contribution is -2.12. The number of benzene rings is 9. The van der Waals surface area contributed by atoms with E-state index in [2.05, 4.69) is 205 Å². The molecule has 0 saturated carbocycles. The van der Waals surface area contributed by atoms with Crippen molar-refractivity contribution in [3.05, 3.63) is 212 Å². The number of para-hydroxylation sites is 1. The number of hydrogen-bond donors (Lipinski definition) is 0. The first-order valence-corrected chi connectivity index (χ1v) is 20.2. The monoisotopic (exact) mass is 745 g/mol. The molecule has 0 fully saturated rings. The Morgan fingerprint density at radius 1 is 0.351 bits per heavy atom. The third kappa shape index (κ3) is 5.71. The topological polar surface area (TPSA) is 16.4 Å². The molecule has 11 rings (SSSR count). The molecule has 0 atom stereocenters.